The Morgan fingerprint density at radius 1 is 1.61 bits per heavy atom. The van der Waals surface area contributed by atoms with E-state index in [2.05, 4.69) is 5.32 Å². The zero-order valence-corrected chi connectivity index (χ0v) is 10.9. The molecule has 6 nitrogen and oxygen atoms in total. The van der Waals surface area contributed by atoms with E-state index in [1.807, 2.05) is 6.26 Å². The fraction of sp³-hybridized carbons (Fsp3) is 0.364. The number of nitrogens with one attached hydrogen (secondary N) is 1. The van der Waals surface area contributed by atoms with Gasteiger partial charge in [0.2, 0.25) is 0 Å². The molecule has 1 amide bonds. The molecule has 1 aromatic rings. The van der Waals surface area contributed by atoms with Crippen molar-refractivity contribution < 1.29 is 14.8 Å². The number of amides is 1. The van der Waals surface area contributed by atoms with E-state index >= 15 is 0 Å². The maximum atomic E-state index is 11.9. The summed E-state index contributed by atoms with van der Waals surface area (Å²) in [5, 5.41) is 22.2. The molecule has 7 heteroatoms. The SMILES string of the molecule is CSc1ccc([N+](=O)[O-])c(C(=O)NC(C)CO)c1. The van der Waals surface area contributed by atoms with Crippen LogP contribution in [0.15, 0.2) is 23.1 Å². The topological polar surface area (TPSA) is 92.5 Å². The Labute approximate surface area is 109 Å². The first kappa shape index (κ1) is 14.5. The van der Waals surface area contributed by atoms with Crippen LogP contribution in [0.4, 0.5) is 5.69 Å². The Morgan fingerprint density at radius 2 is 2.28 bits per heavy atom. The average molecular weight is 270 g/mol. The number of thioether (sulfide) groups is 1. The van der Waals surface area contributed by atoms with Crippen LogP contribution in [-0.2, 0) is 0 Å². The third-order valence-corrected chi connectivity index (χ3v) is 3.02. The van der Waals surface area contributed by atoms with E-state index in [4.69, 9.17) is 5.11 Å². The molecule has 0 aliphatic carbocycles. The Balaban J connectivity index is 3.10. The first-order valence-electron chi connectivity index (χ1n) is 5.23. The molecule has 1 aromatic carbocycles. The van der Waals surface area contributed by atoms with Crippen LogP contribution in [0.25, 0.3) is 0 Å². The predicted octanol–water partition coefficient (Wildman–Crippen LogP) is 1.43. The van der Waals surface area contributed by atoms with Crippen molar-refractivity contribution in [3.63, 3.8) is 0 Å². The summed E-state index contributed by atoms with van der Waals surface area (Å²) in [6.45, 7) is 1.39. The number of aliphatic hydroxyl groups is 1. The smallest absolute Gasteiger partial charge is 0.282 e. The monoisotopic (exact) mass is 270 g/mol. The van der Waals surface area contributed by atoms with Crippen LogP contribution in [0.1, 0.15) is 17.3 Å². The van der Waals surface area contributed by atoms with Crippen molar-refractivity contribution in [3.8, 4) is 0 Å². The number of nitro benzene ring substituents is 1. The largest absolute Gasteiger partial charge is 0.394 e. The predicted molar refractivity (Wildman–Crippen MR) is 68.9 cm³/mol. The van der Waals surface area contributed by atoms with Crippen molar-refractivity contribution in [3.05, 3.63) is 33.9 Å². The molecule has 1 rings (SSSR count). The molecule has 0 fully saturated rings. The van der Waals surface area contributed by atoms with Crippen LogP contribution in [0.5, 0.6) is 0 Å². The Hall–Kier alpha value is -1.60. The molecule has 1 unspecified atom stereocenters. The van der Waals surface area contributed by atoms with Gasteiger partial charge in [0, 0.05) is 17.0 Å². The van der Waals surface area contributed by atoms with Gasteiger partial charge in [0.15, 0.2) is 0 Å². The van der Waals surface area contributed by atoms with Gasteiger partial charge in [-0.3, -0.25) is 14.9 Å². The lowest BCUT2D eigenvalue weighted by molar-refractivity contribution is -0.385. The Morgan fingerprint density at radius 3 is 2.78 bits per heavy atom. The Kier molecular flexibility index (Phi) is 5.11. The van der Waals surface area contributed by atoms with Gasteiger partial charge in [0.1, 0.15) is 5.56 Å². The van der Waals surface area contributed by atoms with Gasteiger partial charge in [-0.05, 0) is 25.3 Å². The van der Waals surface area contributed by atoms with E-state index in [1.54, 1.807) is 13.0 Å². The van der Waals surface area contributed by atoms with Crippen LogP contribution >= 0.6 is 11.8 Å². The average Bonchev–Trinajstić information content (AvgIpc) is 2.37. The normalized spacial score (nSPS) is 11.9. The van der Waals surface area contributed by atoms with E-state index in [9.17, 15) is 14.9 Å². The van der Waals surface area contributed by atoms with Gasteiger partial charge < -0.3 is 10.4 Å². The minimum Gasteiger partial charge on any atom is -0.394 e. The number of nitro groups is 1. The fourth-order valence-corrected chi connectivity index (χ4v) is 1.77. The second kappa shape index (κ2) is 6.36. The van der Waals surface area contributed by atoms with Crippen LogP contribution in [0.2, 0.25) is 0 Å². The maximum absolute atomic E-state index is 11.9. The second-order valence-corrected chi connectivity index (χ2v) is 4.58. The van der Waals surface area contributed by atoms with Gasteiger partial charge in [-0.2, -0.15) is 0 Å². The van der Waals surface area contributed by atoms with Gasteiger partial charge in [-0.1, -0.05) is 0 Å². The number of aliphatic hydroxyl groups excluding tert-OH is 1. The summed E-state index contributed by atoms with van der Waals surface area (Å²) in [7, 11) is 0. The van der Waals surface area contributed by atoms with Crippen molar-refractivity contribution in [2.24, 2.45) is 0 Å². The highest BCUT2D eigenvalue weighted by molar-refractivity contribution is 7.98. The number of carbonyl (C=O) groups excluding carboxylic acids is 1. The zero-order chi connectivity index (χ0) is 13.7. The third kappa shape index (κ3) is 3.44. The molecule has 0 aromatic heterocycles. The van der Waals surface area contributed by atoms with Gasteiger partial charge >= 0.3 is 0 Å². The van der Waals surface area contributed by atoms with E-state index in [0.717, 1.165) is 4.90 Å². The highest BCUT2D eigenvalue weighted by atomic mass is 32.2. The van der Waals surface area contributed by atoms with Gasteiger partial charge in [0.05, 0.1) is 11.5 Å². The second-order valence-electron chi connectivity index (χ2n) is 3.70. The lowest BCUT2D eigenvalue weighted by Crippen LogP contribution is -2.35. The minimum absolute atomic E-state index is 0.00662. The van der Waals surface area contributed by atoms with Crippen molar-refractivity contribution in [1.29, 1.82) is 0 Å². The molecule has 0 saturated carbocycles. The van der Waals surface area contributed by atoms with Crippen LogP contribution < -0.4 is 5.32 Å². The molecule has 18 heavy (non-hydrogen) atoms. The summed E-state index contributed by atoms with van der Waals surface area (Å²) in [5.74, 6) is -0.556. The highest BCUT2D eigenvalue weighted by Gasteiger charge is 2.21. The number of hydrogen-bond donors (Lipinski definition) is 2. The summed E-state index contributed by atoms with van der Waals surface area (Å²) < 4.78 is 0. The summed E-state index contributed by atoms with van der Waals surface area (Å²) in [6, 6.07) is 3.93. The standard InChI is InChI=1S/C11H14N2O4S/c1-7(6-14)12-11(15)9-5-8(18-2)3-4-10(9)13(16)17/h3-5,7,14H,6H2,1-2H3,(H,12,15). The van der Waals surface area contributed by atoms with Crippen LogP contribution in [0, 0.1) is 10.1 Å². The number of hydrogen-bond acceptors (Lipinski definition) is 5. The van der Waals surface area contributed by atoms with Crippen molar-refractivity contribution in [2.45, 2.75) is 17.9 Å². The summed E-state index contributed by atoms with van der Waals surface area (Å²) >= 11 is 1.39. The lowest BCUT2D eigenvalue weighted by Gasteiger charge is -2.11. The minimum atomic E-state index is -0.595. The molecule has 98 valence electrons. The van der Waals surface area contributed by atoms with Gasteiger partial charge in [-0.25, -0.2) is 0 Å². The van der Waals surface area contributed by atoms with Gasteiger partial charge in [0.25, 0.3) is 11.6 Å². The molecule has 0 spiro atoms. The number of carbonyl (C=O) groups is 1. The number of rotatable bonds is 5. The molecule has 0 saturated heterocycles. The van der Waals surface area contributed by atoms with Crippen molar-refractivity contribution >= 4 is 23.4 Å². The lowest BCUT2D eigenvalue weighted by atomic mass is 10.1. The summed E-state index contributed by atoms with van der Waals surface area (Å²) in [6.07, 6.45) is 1.82. The molecule has 2 N–H and O–H groups in total. The quantitative estimate of drug-likeness (QED) is 0.479. The highest BCUT2D eigenvalue weighted by Crippen LogP contribution is 2.24. The molecule has 1 atom stereocenters. The van der Waals surface area contributed by atoms with Crippen molar-refractivity contribution in [2.75, 3.05) is 12.9 Å². The fourth-order valence-electron chi connectivity index (χ4n) is 1.33. The first-order chi connectivity index (χ1) is 8.49. The molecule has 0 bridgehead atoms. The van der Waals surface area contributed by atoms with E-state index in [1.165, 1.54) is 23.9 Å². The molecular weight excluding hydrogens is 256 g/mol. The maximum Gasteiger partial charge on any atom is 0.282 e. The third-order valence-electron chi connectivity index (χ3n) is 2.30. The summed E-state index contributed by atoms with van der Waals surface area (Å²) in [5.41, 5.74) is -0.234. The zero-order valence-electron chi connectivity index (χ0n) is 10.0. The Bertz CT molecular complexity index is 464. The van der Waals surface area contributed by atoms with Crippen molar-refractivity contribution in [1.82, 2.24) is 5.32 Å². The molecule has 0 radical (unpaired) electrons. The molecule has 0 heterocycles. The number of nitrogens with zero attached hydrogens (tertiary/aromatic N) is 1. The van der Waals surface area contributed by atoms with Crippen LogP contribution in [-0.4, -0.2) is 34.8 Å². The molecule has 0 aliphatic heterocycles. The van der Waals surface area contributed by atoms with Crippen LogP contribution in [0.3, 0.4) is 0 Å². The van der Waals surface area contributed by atoms with E-state index in [-0.39, 0.29) is 17.9 Å². The van der Waals surface area contributed by atoms with E-state index < -0.39 is 16.9 Å². The molecule has 0 aliphatic rings. The molecular formula is C11H14N2O4S. The van der Waals surface area contributed by atoms with Gasteiger partial charge in [-0.15, -0.1) is 11.8 Å². The number of benzene rings is 1. The van der Waals surface area contributed by atoms with E-state index in [0.29, 0.717) is 0 Å². The first-order valence-corrected chi connectivity index (χ1v) is 6.46. The summed E-state index contributed by atoms with van der Waals surface area (Å²) in [4.78, 5) is 22.9.